The Labute approximate surface area is 529 Å². The van der Waals surface area contributed by atoms with Crippen LogP contribution in [-0.4, -0.2) is 32.6 Å². The zero-order chi connectivity index (χ0) is 60.6. The van der Waals surface area contributed by atoms with Crippen molar-refractivity contribution in [2.75, 3.05) is 0 Å². The average Bonchev–Trinajstić information content (AvgIpc) is 1.94. The van der Waals surface area contributed by atoms with Crippen LogP contribution in [0.1, 0.15) is 0 Å². The summed E-state index contributed by atoms with van der Waals surface area (Å²) in [6.45, 7) is 0. The molecule has 0 aliphatic rings. The molecule has 0 amide bonds. The fraction of sp³-hybridized carbons (Fsp3) is 0. The van der Waals surface area contributed by atoms with Crippen molar-refractivity contribution in [1.82, 2.24) is 19.9 Å². The topological polar surface area (TPSA) is 107 Å². The van der Waals surface area contributed by atoms with Crippen LogP contribution < -0.4 is 4.65 Å². The van der Waals surface area contributed by atoms with Crippen LogP contribution in [0, 0.1) is 0 Å². The number of rotatable bonds is 11. The van der Waals surface area contributed by atoms with Gasteiger partial charge >= 0.3 is 7.69 Å². The van der Waals surface area contributed by atoms with Crippen LogP contribution in [0.4, 0.5) is 0 Å². The molecule has 0 saturated heterocycles. The zero-order valence-electron chi connectivity index (χ0n) is 48.4. The SMILES string of the molecule is Brc1cccc(-c2nc(-c3ccccc3)cc(-c3ccccc3)n2)c1.O[B]Oc1ccc(-c2ccc3oc4ccccc4c3c2)cc1.c1ccc(-c2cc(-c3ccccc3)nc(-c3cccc(-c4ccc(-c5ccc6oc7ccccc7c6c5)cc4)c3)n2)cc1. The summed E-state index contributed by atoms with van der Waals surface area (Å²) in [5.74, 6) is 2.03. The first-order valence-corrected chi connectivity index (χ1v) is 30.2. The van der Waals surface area contributed by atoms with Crippen LogP contribution in [0.3, 0.4) is 0 Å². The summed E-state index contributed by atoms with van der Waals surface area (Å²) in [6, 6.07) is 107. The molecule has 8 nitrogen and oxygen atoms in total. The third kappa shape index (κ3) is 12.5. The van der Waals surface area contributed by atoms with E-state index in [0.717, 1.165) is 133 Å². The normalized spacial score (nSPS) is 11.0. The Balaban J connectivity index is 0.000000128. The molecule has 0 aliphatic heterocycles. The summed E-state index contributed by atoms with van der Waals surface area (Å²) in [4.78, 5) is 19.6. The van der Waals surface area contributed by atoms with Crippen LogP contribution in [0.15, 0.2) is 329 Å². The number of hydrogen-bond donors (Lipinski definition) is 1. The molecule has 4 heterocycles. The van der Waals surface area contributed by atoms with Crippen molar-refractivity contribution < 1.29 is 18.5 Å². The number of aromatic nitrogens is 4. The molecule has 427 valence electrons. The van der Waals surface area contributed by atoms with Gasteiger partial charge in [-0.1, -0.05) is 253 Å². The molecule has 4 aromatic heterocycles. The van der Waals surface area contributed by atoms with Crippen LogP contribution >= 0.6 is 15.9 Å². The predicted octanol–water partition coefficient (Wildman–Crippen LogP) is 21.1. The molecular weight excluding hydrogens is 1170 g/mol. The smallest absolute Gasteiger partial charge is 0.537 e. The zero-order valence-corrected chi connectivity index (χ0v) is 50.0. The Kier molecular flexibility index (Phi) is 16.3. The summed E-state index contributed by atoms with van der Waals surface area (Å²) in [5.41, 5.74) is 20.3. The second-order valence-electron chi connectivity index (χ2n) is 21.4. The number of halogens is 1. The van der Waals surface area contributed by atoms with Gasteiger partial charge in [-0.25, -0.2) is 19.9 Å². The number of furan rings is 2. The maximum absolute atomic E-state index is 8.64. The second kappa shape index (κ2) is 26.0. The van der Waals surface area contributed by atoms with Crippen molar-refractivity contribution in [3.05, 3.63) is 320 Å². The monoisotopic (exact) mass is 1220 g/mol. The van der Waals surface area contributed by atoms with Crippen molar-refractivity contribution in [2.24, 2.45) is 0 Å². The van der Waals surface area contributed by atoms with Crippen LogP contribution in [0.2, 0.25) is 0 Å². The Morgan fingerprint density at radius 2 is 0.589 bits per heavy atom. The van der Waals surface area contributed by atoms with E-state index in [1.165, 1.54) is 11.1 Å². The quantitative estimate of drug-likeness (QED) is 0.128. The van der Waals surface area contributed by atoms with Gasteiger partial charge in [0.25, 0.3) is 0 Å². The maximum atomic E-state index is 8.64. The van der Waals surface area contributed by atoms with Crippen molar-refractivity contribution in [1.29, 1.82) is 0 Å². The molecule has 0 unspecified atom stereocenters. The van der Waals surface area contributed by atoms with Gasteiger partial charge < -0.3 is 18.5 Å². The molecule has 0 spiro atoms. The first kappa shape index (κ1) is 56.5. The first-order valence-electron chi connectivity index (χ1n) is 29.5. The molecule has 1 radical (unpaired) electrons. The van der Waals surface area contributed by atoms with Crippen LogP contribution in [0.5, 0.6) is 5.75 Å². The second-order valence-corrected chi connectivity index (χ2v) is 22.3. The molecule has 0 aliphatic carbocycles. The Bertz CT molecular complexity index is 5030. The molecule has 1 N–H and O–H groups in total. The fourth-order valence-corrected chi connectivity index (χ4v) is 11.5. The van der Waals surface area contributed by atoms with E-state index in [4.69, 9.17) is 38.4 Å². The number of fused-ring (bicyclic) bond motifs is 6. The van der Waals surface area contributed by atoms with Gasteiger partial charge in [0, 0.05) is 59.4 Å². The minimum absolute atomic E-state index is 0.598. The van der Waals surface area contributed by atoms with E-state index in [9.17, 15) is 0 Å². The van der Waals surface area contributed by atoms with E-state index < -0.39 is 0 Å². The van der Waals surface area contributed by atoms with Gasteiger partial charge in [-0.05, 0) is 112 Å². The highest BCUT2D eigenvalue weighted by Crippen LogP contribution is 2.37. The van der Waals surface area contributed by atoms with Crippen molar-refractivity contribution in [2.45, 2.75) is 0 Å². The van der Waals surface area contributed by atoms with E-state index in [0.29, 0.717) is 19.3 Å². The van der Waals surface area contributed by atoms with Gasteiger partial charge in [0.1, 0.15) is 28.1 Å². The van der Waals surface area contributed by atoms with Crippen LogP contribution in [0.25, 0.3) is 145 Å². The summed E-state index contributed by atoms with van der Waals surface area (Å²) in [7, 11) is 0.679. The van der Waals surface area contributed by atoms with E-state index >= 15 is 0 Å². The van der Waals surface area contributed by atoms with Gasteiger partial charge in [-0.2, -0.15) is 0 Å². The number of nitrogens with zero attached hydrogens (tertiary/aromatic N) is 4. The molecule has 16 rings (SSSR count). The summed E-state index contributed by atoms with van der Waals surface area (Å²) in [6.07, 6.45) is 0. The third-order valence-electron chi connectivity index (χ3n) is 15.6. The largest absolute Gasteiger partial charge is 0.569 e. The highest BCUT2D eigenvalue weighted by Gasteiger charge is 2.15. The van der Waals surface area contributed by atoms with Crippen LogP contribution in [-0.2, 0) is 0 Å². The van der Waals surface area contributed by atoms with Gasteiger partial charge in [0.15, 0.2) is 11.6 Å². The average molecular weight is 1230 g/mol. The lowest BCUT2D eigenvalue weighted by atomic mass is 9.98. The van der Waals surface area contributed by atoms with Gasteiger partial charge in [-0.15, -0.1) is 0 Å². The summed E-state index contributed by atoms with van der Waals surface area (Å²) >= 11 is 3.53. The molecule has 0 bridgehead atoms. The molecule has 0 atom stereocenters. The lowest BCUT2D eigenvalue weighted by molar-refractivity contribution is 0.454. The Hall–Kier alpha value is -11.3. The predicted molar refractivity (Wildman–Crippen MR) is 370 cm³/mol. The van der Waals surface area contributed by atoms with Crippen molar-refractivity contribution in [3.8, 4) is 107 Å². The summed E-state index contributed by atoms with van der Waals surface area (Å²) in [5, 5.41) is 13.1. The standard InChI is InChI=1S/C40H26N2O.C22H15BrN2.C18H12BO3/c1-3-10-29(11-4-1)36-26-37(30-12-5-2-6-13-30)42-40(41-36)33-15-9-14-31(24-33)27-18-20-28(21-19-27)32-22-23-39-35(25-32)34-16-7-8-17-38(34)43-39;23-19-13-7-12-18(14-19)22-24-20(16-8-3-1-4-9-16)15-21(25-22)17-10-5-2-6-11-17;20-19-22-14-8-5-12(6-9-14)13-7-10-18-16(11-13)15-3-1-2-4-17(15)21-18/h1-26H;1-15H;1-11,20H. The first-order chi connectivity index (χ1) is 44.4. The molecule has 90 heavy (non-hydrogen) atoms. The highest BCUT2D eigenvalue weighted by atomic mass is 79.9. The van der Waals surface area contributed by atoms with Crippen molar-refractivity contribution >= 4 is 67.5 Å². The number of hydrogen-bond acceptors (Lipinski definition) is 8. The van der Waals surface area contributed by atoms with E-state index in [2.05, 4.69) is 162 Å². The van der Waals surface area contributed by atoms with Gasteiger partial charge in [0.2, 0.25) is 0 Å². The molecule has 0 saturated carbocycles. The lowest BCUT2D eigenvalue weighted by Gasteiger charge is -2.11. The maximum Gasteiger partial charge on any atom is 0.569 e. The fourth-order valence-electron chi connectivity index (χ4n) is 11.1. The third-order valence-corrected chi connectivity index (χ3v) is 16.1. The number of benzene rings is 12. The Morgan fingerprint density at radius 3 is 1.00 bits per heavy atom. The molecule has 12 aromatic carbocycles. The lowest BCUT2D eigenvalue weighted by Crippen LogP contribution is -1.99. The van der Waals surface area contributed by atoms with E-state index in [1.807, 2.05) is 170 Å². The Morgan fingerprint density at radius 1 is 0.267 bits per heavy atom. The van der Waals surface area contributed by atoms with E-state index in [1.54, 1.807) is 0 Å². The van der Waals surface area contributed by atoms with Gasteiger partial charge in [-0.3, -0.25) is 0 Å². The van der Waals surface area contributed by atoms with Crippen molar-refractivity contribution in [3.63, 3.8) is 0 Å². The molecule has 16 aromatic rings. The molecular formula is C80H53BBrN4O4. The van der Waals surface area contributed by atoms with Gasteiger partial charge in [0.05, 0.1) is 22.8 Å². The molecule has 10 heteroatoms. The minimum Gasteiger partial charge on any atom is -0.537 e. The minimum atomic E-state index is 0.598. The highest BCUT2D eigenvalue weighted by molar-refractivity contribution is 9.10. The van der Waals surface area contributed by atoms with E-state index in [-0.39, 0.29) is 0 Å². The number of para-hydroxylation sites is 2. The molecule has 0 fully saturated rings. The summed E-state index contributed by atoms with van der Waals surface area (Å²) < 4.78 is 17.8.